The van der Waals surface area contributed by atoms with Gasteiger partial charge in [0, 0.05) is 26.1 Å². The van der Waals surface area contributed by atoms with Crippen molar-refractivity contribution in [1.29, 1.82) is 0 Å². The van der Waals surface area contributed by atoms with Crippen LogP contribution in [0.1, 0.15) is 42.4 Å². The summed E-state index contributed by atoms with van der Waals surface area (Å²) in [6, 6.07) is 25.0. The third-order valence-corrected chi connectivity index (χ3v) is 7.82. The Morgan fingerprint density at radius 3 is 1.97 bits per heavy atom. The van der Waals surface area contributed by atoms with E-state index in [0.29, 0.717) is 13.0 Å². The molecule has 0 N–H and O–H groups in total. The number of rotatable bonds is 12. The lowest BCUT2D eigenvalue weighted by atomic mass is 9.78. The molecule has 4 rings (SSSR count). The van der Waals surface area contributed by atoms with E-state index in [1.807, 2.05) is 41.3 Å². The Balaban J connectivity index is 1.74. The molecule has 1 fully saturated rings. The first kappa shape index (κ1) is 27.5. The first-order valence-corrected chi connectivity index (χ1v) is 13.4. The van der Waals surface area contributed by atoms with Gasteiger partial charge in [0.05, 0.1) is 26.9 Å². The number of piperidine rings is 1. The van der Waals surface area contributed by atoms with Crippen LogP contribution >= 0.6 is 0 Å². The van der Waals surface area contributed by atoms with Gasteiger partial charge in [-0.25, -0.2) is 0 Å². The minimum atomic E-state index is -0.463. The first-order valence-electron chi connectivity index (χ1n) is 13.4. The summed E-state index contributed by atoms with van der Waals surface area (Å²) in [5.41, 5.74) is 3.10. The van der Waals surface area contributed by atoms with Gasteiger partial charge in [-0.15, -0.1) is 0 Å². The van der Waals surface area contributed by atoms with Gasteiger partial charge in [0.25, 0.3) is 0 Å². The van der Waals surface area contributed by atoms with Crippen molar-refractivity contribution in [1.82, 2.24) is 9.80 Å². The number of amides is 1. The zero-order valence-electron chi connectivity index (χ0n) is 23.1. The van der Waals surface area contributed by atoms with Gasteiger partial charge in [0.1, 0.15) is 17.2 Å². The number of hydrogen-bond donors (Lipinski definition) is 0. The van der Waals surface area contributed by atoms with E-state index < -0.39 is 5.54 Å². The average Bonchev–Trinajstić information content (AvgIpc) is 2.97. The molecule has 1 amide bonds. The van der Waals surface area contributed by atoms with Crippen molar-refractivity contribution in [2.45, 2.75) is 37.6 Å². The number of likely N-dealkylation sites (tertiary alicyclic amines) is 1. The molecule has 0 bridgehead atoms. The highest BCUT2D eigenvalue weighted by Gasteiger charge is 2.39. The number of benzene rings is 3. The Bertz CT molecular complexity index is 1130. The van der Waals surface area contributed by atoms with Crippen LogP contribution in [0.2, 0.25) is 0 Å². The molecule has 0 saturated carbocycles. The van der Waals surface area contributed by atoms with Gasteiger partial charge in [-0.2, -0.15) is 0 Å². The Kier molecular flexibility index (Phi) is 9.29. The standard InChI is InChI=1S/C32H40N2O4/c1-33(22-19-25-8-7-9-30(24-25)38-4)32(26-11-15-28(36-2)16-12-26,27-13-17-29(37-3)18-14-27)20-23-34-21-6-5-10-31(34)35/h7-9,11-18,24H,5-6,10,19-23H2,1-4H3. The maximum absolute atomic E-state index is 12.8. The minimum absolute atomic E-state index is 0.258. The van der Waals surface area contributed by atoms with Crippen LogP contribution in [0.5, 0.6) is 17.2 Å². The Hall–Kier alpha value is -3.51. The first-order chi connectivity index (χ1) is 18.5. The van der Waals surface area contributed by atoms with E-state index in [2.05, 4.69) is 48.3 Å². The summed E-state index contributed by atoms with van der Waals surface area (Å²) in [7, 11) is 7.26. The maximum Gasteiger partial charge on any atom is 0.222 e. The fourth-order valence-electron chi connectivity index (χ4n) is 5.53. The van der Waals surface area contributed by atoms with Gasteiger partial charge in [-0.05, 0) is 85.8 Å². The van der Waals surface area contributed by atoms with Crippen molar-refractivity contribution >= 4 is 5.91 Å². The number of carbonyl (C=O) groups is 1. The second-order valence-electron chi connectivity index (χ2n) is 9.93. The molecule has 202 valence electrons. The number of ether oxygens (including phenoxy) is 3. The SMILES string of the molecule is COc1ccc(C(CCN2CCCCC2=O)(c2ccc(OC)cc2)N(C)CCc2cccc(OC)c2)cc1. The normalized spacial score (nSPS) is 14.0. The maximum atomic E-state index is 12.8. The summed E-state index contributed by atoms with van der Waals surface area (Å²) < 4.78 is 16.4. The smallest absolute Gasteiger partial charge is 0.222 e. The number of carbonyl (C=O) groups excluding carboxylic acids is 1. The molecule has 3 aromatic carbocycles. The van der Waals surface area contributed by atoms with Gasteiger partial charge < -0.3 is 19.1 Å². The molecule has 0 atom stereocenters. The van der Waals surface area contributed by atoms with Crippen LogP contribution < -0.4 is 14.2 Å². The predicted octanol–water partition coefficient (Wildman–Crippen LogP) is 5.53. The molecule has 0 aliphatic carbocycles. The zero-order chi connectivity index (χ0) is 27.0. The zero-order valence-corrected chi connectivity index (χ0v) is 23.1. The summed E-state index contributed by atoms with van der Waals surface area (Å²) in [5.74, 6) is 2.77. The molecule has 3 aromatic rings. The molecule has 0 unspecified atom stereocenters. The van der Waals surface area contributed by atoms with E-state index >= 15 is 0 Å². The molecule has 1 saturated heterocycles. The van der Waals surface area contributed by atoms with Gasteiger partial charge in [-0.3, -0.25) is 9.69 Å². The number of nitrogens with zero attached hydrogens (tertiary/aromatic N) is 2. The Labute approximate surface area is 227 Å². The van der Waals surface area contributed by atoms with E-state index in [-0.39, 0.29) is 5.91 Å². The van der Waals surface area contributed by atoms with Crippen molar-refractivity contribution < 1.29 is 19.0 Å². The van der Waals surface area contributed by atoms with Crippen LogP contribution in [0, 0.1) is 0 Å². The van der Waals surface area contributed by atoms with E-state index in [4.69, 9.17) is 14.2 Å². The van der Waals surface area contributed by atoms with E-state index in [9.17, 15) is 4.79 Å². The molecule has 38 heavy (non-hydrogen) atoms. The Morgan fingerprint density at radius 1 is 0.816 bits per heavy atom. The molecule has 1 heterocycles. The molecule has 6 nitrogen and oxygen atoms in total. The minimum Gasteiger partial charge on any atom is -0.497 e. The van der Waals surface area contributed by atoms with Crippen molar-refractivity contribution in [2.24, 2.45) is 0 Å². The Morgan fingerprint density at radius 2 is 1.42 bits per heavy atom. The van der Waals surface area contributed by atoms with Gasteiger partial charge in [0.2, 0.25) is 5.91 Å². The van der Waals surface area contributed by atoms with E-state index in [0.717, 1.165) is 56.0 Å². The largest absolute Gasteiger partial charge is 0.497 e. The third-order valence-electron chi connectivity index (χ3n) is 7.82. The molecular weight excluding hydrogens is 476 g/mol. The fraction of sp³-hybridized carbons (Fsp3) is 0.406. The van der Waals surface area contributed by atoms with E-state index in [1.54, 1.807) is 21.3 Å². The van der Waals surface area contributed by atoms with Gasteiger partial charge >= 0.3 is 0 Å². The number of likely N-dealkylation sites (N-methyl/N-ethyl adjacent to an activating group) is 1. The molecule has 6 heteroatoms. The summed E-state index contributed by atoms with van der Waals surface area (Å²) in [4.78, 5) is 17.2. The lowest BCUT2D eigenvalue weighted by Gasteiger charge is -2.45. The lowest BCUT2D eigenvalue weighted by molar-refractivity contribution is -0.133. The molecule has 1 aliphatic heterocycles. The summed E-state index contributed by atoms with van der Waals surface area (Å²) in [5, 5.41) is 0. The van der Waals surface area contributed by atoms with Crippen molar-refractivity contribution in [3.63, 3.8) is 0 Å². The molecule has 0 spiro atoms. The number of methoxy groups -OCH3 is 3. The van der Waals surface area contributed by atoms with Crippen molar-refractivity contribution in [3.8, 4) is 17.2 Å². The van der Waals surface area contributed by atoms with Crippen LogP contribution in [0.25, 0.3) is 0 Å². The van der Waals surface area contributed by atoms with Crippen LogP contribution in [0.4, 0.5) is 0 Å². The second kappa shape index (κ2) is 12.8. The summed E-state index contributed by atoms with van der Waals surface area (Å²) in [6.45, 7) is 2.34. The van der Waals surface area contributed by atoms with Crippen molar-refractivity contribution in [2.75, 3.05) is 48.0 Å². The highest BCUT2D eigenvalue weighted by Crippen LogP contribution is 2.40. The fourth-order valence-corrected chi connectivity index (χ4v) is 5.53. The highest BCUT2D eigenvalue weighted by molar-refractivity contribution is 5.76. The topological polar surface area (TPSA) is 51.2 Å². The molecule has 0 radical (unpaired) electrons. The quantitative estimate of drug-likeness (QED) is 0.317. The van der Waals surface area contributed by atoms with Crippen LogP contribution in [0.15, 0.2) is 72.8 Å². The van der Waals surface area contributed by atoms with Crippen LogP contribution in [0.3, 0.4) is 0 Å². The van der Waals surface area contributed by atoms with Crippen LogP contribution in [-0.4, -0.2) is 63.7 Å². The monoisotopic (exact) mass is 516 g/mol. The number of hydrogen-bond acceptors (Lipinski definition) is 5. The van der Waals surface area contributed by atoms with Crippen LogP contribution in [-0.2, 0) is 16.8 Å². The predicted molar refractivity (Wildman–Crippen MR) is 151 cm³/mol. The average molecular weight is 517 g/mol. The molecule has 1 aliphatic rings. The van der Waals surface area contributed by atoms with Crippen molar-refractivity contribution in [3.05, 3.63) is 89.5 Å². The summed E-state index contributed by atoms with van der Waals surface area (Å²) in [6.07, 6.45) is 4.33. The second-order valence-corrected chi connectivity index (χ2v) is 9.93. The summed E-state index contributed by atoms with van der Waals surface area (Å²) >= 11 is 0. The highest BCUT2D eigenvalue weighted by atomic mass is 16.5. The van der Waals surface area contributed by atoms with Gasteiger partial charge in [-0.1, -0.05) is 36.4 Å². The van der Waals surface area contributed by atoms with E-state index in [1.165, 1.54) is 16.7 Å². The molecule has 0 aromatic heterocycles. The molecular formula is C32H40N2O4. The lowest BCUT2D eigenvalue weighted by Crippen LogP contribution is -2.49. The third kappa shape index (κ3) is 6.13. The van der Waals surface area contributed by atoms with Gasteiger partial charge in [0.15, 0.2) is 0 Å².